The van der Waals surface area contributed by atoms with Crippen molar-refractivity contribution in [3.8, 4) is 0 Å². The Bertz CT molecular complexity index is 953. The van der Waals surface area contributed by atoms with Crippen LogP contribution in [0.5, 0.6) is 0 Å². The first-order valence-corrected chi connectivity index (χ1v) is 9.22. The molecule has 0 bridgehead atoms. The van der Waals surface area contributed by atoms with Crippen molar-refractivity contribution >= 4 is 17.5 Å². The van der Waals surface area contributed by atoms with Gasteiger partial charge in [-0.25, -0.2) is 9.97 Å². The molecule has 1 aliphatic heterocycles. The molecule has 2 heterocycles. The molecule has 2 aromatic carbocycles. The zero-order valence-corrected chi connectivity index (χ0v) is 15.4. The number of anilines is 2. The summed E-state index contributed by atoms with van der Waals surface area (Å²) in [4.78, 5) is 23.4. The van der Waals surface area contributed by atoms with E-state index in [1.807, 2.05) is 31.2 Å². The van der Waals surface area contributed by atoms with Gasteiger partial charge in [-0.2, -0.15) is 0 Å². The highest BCUT2D eigenvalue weighted by atomic mass is 16.1. The van der Waals surface area contributed by atoms with Crippen molar-refractivity contribution in [3.05, 3.63) is 83.2 Å². The van der Waals surface area contributed by atoms with Crippen LogP contribution in [0.4, 0.5) is 11.6 Å². The summed E-state index contributed by atoms with van der Waals surface area (Å²) in [5.41, 5.74) is 5.19. The number of nitrogens with zero attached hydrogens (tertiary/aromatic N) is 3. The average molecular weight is 358 g/mol. The second-order valence-electron chi connectivity index (χ2n) is 6.83. The molecule has 0 unspecified atom stereocenters. The predicted molar refractivity (Wildman–Crippen MR) is 106 cm³/mol. The van der Waals surface area contributed by atoms with Crippen molar-refractivity contribution in [2.45, 2.75) is 26.3 Å². The van der Waals surface area contributed by atoms with Gasteiger partial charge in [0.15, 0.2) is 0 Å². The second kappa shape index (κ2) is 7.58. The van der Waals surface area contributed by atoms with Crippen LogP contribution in [0.1, 0.15) is 33.5 Å². The zero-order valence-electron chi connectivity index (χ0n) is 15.4. The summed E-state index contributed by atoms with van der Waals surface area (Å²) in [5.74, 6) is 0.472. The third-order valence-corrected chi connectivity index (χ3v) is 4.79. The van der Waals surface area contributed by atoms with Gasteiger partial charge in [-0.05, 0) is 37.0 Å². The standard InChI is InChI=1S/C22H22N4O/c1-16-6-4-7-17(12-16)13-23-21(27)19-14-24-22(25-15-19)26-11-5-9-18-8-2-3-10-20(18)26/h2-4,6-8,10,12,14-15H,5,9,11,13H2,1H3,(H,23,27). The number of fused-ring (bicyclic) bond motifs is 1. The Morgan fingerprint density at radius 2 is 1.93 bits per heavy atom. The molecule has 5 nitrogen and oxygen atoms in total. The van der Waals surface area contributed by atoms with Gasteiger partial charge in [-0.1, -0.05) is 48.0 Å². The molecule has 0 atom stereocenters. The van der Waals surface area contributed by atoms with E-state index in [0.717, 1.165) is 30.6 Å². The average Bonchev–Trinajstić information content (AvgIpc) is 2.72. The third-order valence-electron chi connectivity index (χ3n) is 4.79. The minimum absolute atomic E-state index is 0.165. The van der Waals surface area contributed by atoms with E-state index in [-0.39, 0.29) is 5.91 Å². The molecule has 1 aliphatic rings. The molecule has 1 aromatic heterocycles. The van der Waals surface area contributed by atoms with Crippen LogP contribution < -0.4 is 10.2 Å². The van der Waals surface area contributed by atoms with Crippen LogP contribution in [0.3, 0.4) is 0 Å². The van der Waals surface area contributed by atoms with Crippen LogP contribution in [0.25, 0.3) is 0 Å². The molecule has 0 aliphatic carbocycles. The minimum Gasteiger partial charge on any atom is -0.348 e. The van der Waals surface area contributed by atoms with E-state index in [1.54, 1.807) is 12.4 Å². The maximum Gasteiger partial charge on any atom is 0.254 e. The second-order valence-corrected chi connectivity index (χ2v) is 6.83. The van der Waals surface area contributed by atoms with Crippen molar-refractivity contribution in [1.82, 2.24) is 15.3 Å². The fourth-order valence-electron chi connectivity index (χ4n) is 3.43. The summed E-state index contributed by atoms with van der Waals surface area (Å²) >= 11 is 0. The Balaban J connectivity index is 1.45. The van der Waals surface area contributed by atoms with Gasteiger partial charge in [-0.3, -0.25) is 4.79 Å². The Morgan fingerprint density at radius 3 is 2.74 bits per heavy atom. The van der Waals surface area contributed by atoms with Crippen LogP contribution in [0, 0.1) is 6.92 Å². The van der Waals surface area contributed by atoms with Gasteiger partial charge < -0.3 is 10.2 Å². The molecule has 4 rings (SSSR count). The lowest BCUT2D eigenvalue weighted by Gasteiger charge is -2.29. The number of hydrogen-bond acceptors (Lipinski definition) is 4. The number of benzene rings is 2. The maximum atomic E-state index is 12.4. The van der Waals surface area contributed by atoms with Crippen molar-refractivity contribution in [2.75, 3.05) is 11.4 Å². The van der Waals surface area contributed by atoms with E-state index in [1.165, 1.54) is 11.1 Å². The molecular formula is C22H22N4O. The predicted octanol–water partition coefficient (Wildman–Crippen LogP) is 3.80. The zero-order chi connectivity index (χ0) is 18.6. The third kappa shape index (κ3) is 3.82. The number of carbonyl (C=O) groups excluding carboxylic acids is 1. The fraction of sp³-hybridized carbons (Fsp3) is 0.227. The number of aromatic nitrogens is 2. The number of rotatable bonds is 4. The van der Waals surface area contributed by atoms with Crippen molar-refractivity contribution < 1.29 is 4.79 Å². The monoisotopic (exact) mass is 358 g/mol. The smallest absolute Gasteiger partial charge is 0.254 e. The van der Waals surface area contributed by atoms with Crippen LogP contribution in [0.2, 0.25) is 0 Å². The normalized spacial score (nSPS) is 13.1. The summed E-state index contributed by atoms with van der Waals surface area (Å²) in [6.07, 6.45) is 5.35. The van der Waals surface area contributed by atoms with Gasteiger partial charge in [0.2, 0.25) is 5.95 Å². The minimum atomic E-state index is -0.165. The number of amides is 1. The van der Waals surface area contributed by atoms with Gasteiger partial charge in [0.1, 0.15) is 0 Å². The lowest BCUT2D eigenvalue weighted by atomic mass is 10.0. The molecule has 0 saturated carbocycles. The van der Waals surface area contributed by atoms with E-state index in [0.29, 0.717) is 18.1 Å². The van der Waals surface area contributed by atoms with E-state index >= 15 is 0 Å². The molecule has 0 saturated heterocycles. The van der Waals surface area contributed by atoms with Gasteiger partial charge in [0.25, 0.3) is 5.91 Å². The molecule has 5 heteroatoms. The van der Waals surface area contributed by atoms with Crippen LogP contribution >= 0.6 is 0 Å². The largest absolute Gasteiger partial charge is 0.348 e. The quantitative estimate of drug-likeness (QED) is 0.771. The molecule has 0 spiro atoms. The molecule has 0 radical (unpaired) electrons. The first-order valence-electron chi connectivity index (χ1n) is 9.22. The number of nitrogens with one attached hydrogen (secondary N) is 1. The first kappa shape index (κ1) is 17.2. The van der Waals surface area contributed by atoms with Crippen molar-refractivity contribution in [1.29, 1.82) is 0 Å². The van der Waals surface area contributed by atoms with Crippen LogP contribution in [-0.4, -0.2) is 22.4 Å². The fourth-order valence-corrected chi connectivity index (χ4v) is 3.43. The number of carbonyl (C=O) groups is 1. The number of para-hydroxylation sites is 1. The molecule has 1 amide bonds. The summed E-state index contributed by atoms with van der Waals surface area (Å²) in [6, 6.07) is 16.4. The Labute approximate surface area is 159 Å². The van der Waals surface area contributed by atoms with E-state index in [2.05, 4.69) is 44.5 Å². The lowest BCUT2D eigenvalue weighted by Crippen LogP contribution is -2.27. The Kier molecular flexibility index (Phi) is 4.83. The van der Waals surface area contributed by atoms with Gasteiger partial charge in [0, 0.05) is 31.2 Å². The van der Waals surface area contributed by atoms with E-state index in [9.17, 15) is 4.79 Å². The highest BCUT2D eigenvalue weighted by Gasteiger charge is 2.20. The van der Waals surface area contributed by atoms with Gasteiger partial charge >= 0.3 is 0 Å². The topological polar surface area (TPSA) is 58.1 Å². The van der Waals surface area contributed by atoms with E-state index in [4.69, 9.17) is 0 Å². The summed E-state index contributed by atoms with van der Waals surface area (Å²) in [5, 5.41) is 2.92. The Morgan fingerprint density at radius 1 is 1.11 bits per heavy atom. The number of aryl methyl sites for hydroxylation is 2. The highest BCUT2D eigenvalue weighted by Crippen LogP contribution is 2.30. The summed E-state index contributed by atoms with van der Waals surface area (Å²) in [6.45, 7) is 3.41. The van der Waals surface area contributed by atoms with Gasteiger partial charge in [0.05, 0.1) is 5.56 Å². The van der Waals surface area contributed by atoms with Crippen LogP contribution in [-0.2, 0) is 13.0 Å². The first-order chi connectivity index (χ1) is 13.2. The van der Waals surface area contributed by atoms with Crippen molar-refractivity contribution in [2.24, 2.45) is 0 Å². The number of hydrogen-bond donors (Lipinski definition) is 1. The molecule has 0 fully saturated rings. The van der Waals surface area contributed by atoms with E-state index < -0.39 is 0 Å². The molecule has 3 aromatic rings. The molecule has 1 N–H and O–H groups in total. The lowest BCUT2D eigenvalue weighted by molar-refractivity contribution is 0.0950. The van der Waals surface area contributed by atoms with Crippen molar-refractivity contribution in [3.63, 3.8) is 0 Å². The summed E-state index contributed by atoms with van der Waals surface area (Å²) in [7, 11) is 0. The summed E-state index contributed by atoms with van der Waals surface area (Å²) < 4.78 is 0. The van der Waals surface area contributed by atoms with Gasteiger partial charge in [-0.15, -0.1) is 0 Å². The SMILES string of the molecule is Cc1cccc(CNC(=O)c2cnc(N3CCCc4ccccc43)nc2)c1. The highest BCUT2D eigenvalue weighted by molar-refractivity contribution is 5.93. The van der Waals surface area contributed by atoms with Crippen LogP contribution in [0.15, 0.2) is 60.9 Å². The molecule has 27 heavy (non-hydrogen) atoms. The molecular weight excluding hydrogens is 336 g/mol. The molecule has 136 valence electrons. The Hall–Kier alpha value is -3.21. The maximum absolute atomic E-state index is 12.4.